The van der Waals surface area contributed by atoms with Crippen molar-refractivity contribution in [2.75, 3.05) is 6.54 Å². The van der Waals surface area contributed by atoms with Crippen molar-refractivity contribution in [3.05, 3.63) is 18.5 Å². The fourth-order valence-corrected chi connectivity index (χ4v) is 0.992. The van der Waals surface area contributed by atoms with Crippen LogP contribution in [0.2, 0.25) is 0 Å². The van der Waals surface area contributed by atoms with E-state index in [1.165, 1.54) is 4.68 Å². The van der Waals surface area contributed by atoms with Gasteiger partial charge in [-0.1, -0.05) is 0 Å². The maximum atomic E-state index is 11.4. The standard InChI is InChI=1S/C10H15N3O3/c1-10(2,9(15)16)7-11-8(14)6-13-5-3-4-12-13/h3-5H,6-7H2,1-2H3,(H,11,14)(H,15,16). The zero-order valence-electron chi connectivity index (χ0n) is 9.30. The number of carbonyl (C=O) groups excluding carboxylic acids is 1. The Hall–Kier alpha value is -1.85. The first-order valence-corrected chi connectivity index (χ1v) is 4.89. The molecule has 0 fully saturated rings. The minimum absolute atomic E-state index is 0.0996. The van der Waals surface area contributed by atoms with E-state index in [-0.39, 0.29) is 19.0 Å². The van der Waals surface area contributed by atoms with Gasteiger partial charge >= 0.3 is 5.97 Å². The molecule has 0 saturated carbocycles. The number of carboxylic acids is 1. The number of nitrogens with one attached hydrogen (secondary N) is 1. The zero-order valence-corrected chi connectivity index (χ0v) is 9.30. The molecule has 0 aliphatic carbocycles. The molecule has 0 aromatic carbocycles. The molecule has 0 radical (unpaired) electrons. The Morgan fingerprint density at radius 1 is 1.50 bits per heavy atom. The molecule has 1 aromatic rings. The summed E-state index contributed by atoms with van der Waals surface area (Å²) in [4.78, 5) is 22.2. The predicted molar refractivity (Wildman–Crippen MR) is 56.7 cm³/mol. The van der Waals surface area contributed by atoms with Crippen LogP contribution in [0.1, 0.15) is 13.8 Å². The average Bonchev–Trinajstić information content (AvgIpc) is 2.67. The Morgan fingerprint density at radius 2 is 2.19 bits per heavy atom. The SMILES string of the molecule is CC(C)(CNC(=O)Cn1cccn1)C(=O)O. The lowest BCUT2D eigenvalue weighted by Crippen LogP contribution is -2.40. The quantitative estimate of drug-likeness (QED) is 0.745. The molecule has 0 aliphatic rings. The summed E-state index contributed by atoms with van der Waals surface area (Å²) in [6.45, 7) is 3.32. The summed E-state index contributed by atoms with van der Waals surface area (Å²) < 4.78 is 1.48. The normalized spacial score (nSPS) is 11.1. The van der Waals surface area contributed by atoms with E-state index in [1.807, 2.05) is 0 Å². The summed E-state index contributed by atoms with van der Waals surface area (Å²) in [5.41, 5.74) is -0.959. The third kappa shape index (κ3) is 3.38. The predicted octanol–water partition coefficient (Wildman–Crippen LogP) is 0.110. The van der Waals surface area contributed by atoms with Crippen molar-refractivity contribution in [2.24, 2.45) is 5.41 Å². The number of hydrogen-bond donors (Lipinski definition) is 2. The second-order valence-corrected chi connectivity index (χ2v) is 4.17. The van der Waals surface area contributed by atoms with E-state index in [2.05, 4.69) is 10.4 Å². The van der Waals surface area contributed by atoms with Crippen LogP contribution in [0.5, 0.6) is 0 Å². The van der Waals surface area contributed by atoms with Gasteiger partial charge in [0.05, 0.1) is 5.41 Å². The van der Waals surface area contributed by atoms with Crippen molar-refractivity contribution < 1.29 is 14.7 Å². The maximum Gasteiger partial charge on any atom is 0.310 e. The van der Waals surface area contributed by atoms with Crippen molar-refractivity contribution in [2.45, 2.75) is 20.4 Å². The minimum Gasteiger partial charge on any atom is -0.481 e. The Kier molecular flexibility index (Phi) is 3.65. The number of carboxylic acid groups (broad SMARTS) is 1. The lowest BCUT2D eigenvalue weighted by Gasteiger charge is -2.19. The molecular formula is C10H15N3O3. The first-order valence-electron chi connectivity index (χ1n) is 4.89. The van der Waals surface area contributed by atoms with Gasteiger partial charge in [0.15, 0.2) is 0 Å². The van der Waals surface area contributed by atoms with Crippen molar-refractivity contribution >= 4 is 11.9 Å². The fraction of sp³-hybridized carbons (Fsp3) is 0.500. The highest BCUT2D eigenvalue weighted by Gasteiger charge is 2.27. The van der Waals surface area contributed by atoms with Crippen molar-refractivity contribution in [3.63, 3.8) is 0 Å². The third-order valence-electron chi connectivity index (χ3n) is 2.17. The second-order valence-electron chi connectivity index (χ2n) is 4.17. The Morgan fingerprint density at radius 3 is 2.69 bits per heavy atom. The summed E-state index contributed by atoms with van der Waals surface area (Å²) >= 11 is 0. The van der Waals surface area contributed by atoms with E-state index in [4.69, 9.17) is 5.11 Å². The van der Waals surface area contributed by atoms with E-state index in [1.54, 1.807) is 32.3 Å². The van der Waals surface area contributed by atoms with Gasteiger partial charge in [0.25, 0.3) is 0 Å². The van der Waals surface area contributed by atoms with Crippen molar-refractivity contribution in [1.82, 2.24) is 15.1 Å². The number of hydrogen-bond acceptors (Lipinski definition) is 3. The molecular weight excluding hydrogens is 210 g/mol. The molecule has 6 nitrogen and oxygen atoms in total. The van der Waals surface area contributed by atoms with Crippen LogP contribution in [0, 0.1) is 5.41 Å². The van der Waals surface area contributed by atoms with Crippen LogP contribution in [0.15, 0.2) is 18.5 Å². The van der Waals surface area contributed by atoms with Gasteiger partial charge in [-0.25, -0.2) is 0 Å². The molecule has 1 amide bonds. The summed E-state index contributed by atoms with van der Waals surface area (Å²) in [6, 6.07) is 1.72. The van der Waals surface area contributed by atoms with Gasteiger partial charge in [0.1, 0.15) is 6.54 Å². The van der Waals surface area contributed by atoms with E-state index in [9.17, 15) is 9.59 Å². The lowest BCUT2D eigenvalue weighted by molar-refractivity contribution is -0.146. The van der Waals surface area contributed by atoms with Crippen LogP contribution in [0.25, 0.3) is 0 Å². The highest BCUT2D eigenvalue weighted by atomic mass is 16.4. The number of aromatic nitrogens is 2. The topological polar surface area (TPSA) is 84.2 Å². The van der Waals surface area contributed by atoms with E-state index >= 15 is 0 Å². The molecule has 16 heavy (non-hydrogen) atoms. The number of rotatable bonds is 5. The first-order chi connectivity index (χ1) is 7.42. The van der Waals surface area contributed by atoms with Crippen molar-refractivity contribution in [1.29, 1.82) is 0 Å². The lowest BCUT2D eigenvalue weighted by atomic mass is 9.94. The number of nitrogens with zero attached hydrogens (tertiary/aromatic N) is 2. The highest BCUT2D eigenvalue weighted by molar-refractivity contribution is 5.78. The third-order valence-corrected chi connectivity index (χ3v) is 2.17. The smallest absolute Gasteiger partial charge is 0.310 e. The number of amides is 1. The average molecular weight is 225 g/mol. The van der Waals surface area contributed by atoms with Gasteiger partial charge in [-0.2, -0.15) is 5.10 Å². The molecule has 2 N–H and O–H groups in total. The molecule has 0 aliphatic heterocycles. The molecule has 1 heterocycles. The first kappa shape index (κ1) is 12.2. The molecule has 0 spiro atoms. The van der Waals surface area contributed by atoms with Crippen LogP contribution in [-0.2, 0) is 16.1 Å². The van der Waals surface area contributed by atoms with Crippen LogP contribution in [0.3, 0.4) is 0 Å². The number of aliphatic carboxylic acids is 1. The van der Waals surface area contributed by atoms with Gasteiger partial charge in [-0.05, 0) is 19.9 Å². The summed E-state index contributed by atoms with van der Waals surface area (Å²) in [5.74, 6) is -1.19. The summed E-state index contributed by atoms with van der Waals surface area (Å²) in [7, 11) is 0. The van der Waals surface area contributed by atoms with Crippen molar-refractivity contribution in [3.8, 4) is 0 Å². The molecule has 0 unspecified atom stereocenters. The van der Waals surface area contributed by atoms with Gasteiger partial charge in [-0.3, -0.25) is 14.3 Å². The summed E-state index contributed by atoms with van der Waals surface area (Å²) in [5, 5.41) is 15.3. The Balaban J connectivity index is 2.39. The van der Waals surface area contributed by atoms with Gasteiger partial charge in [0, 0.05) is 18.9 Å². The minimum atomic E-state index is -0.959. The van der Waals surface area contributed by atoms with Crippen LogP contribution < -0.4 is 5.32 Å². The second kappa shape index (κ2) is 4.78. The van der Waals surface area contributed by atoms with Gasteiger partial charge in [0.2, 0.25) is 5.91 Å². The molecule has 1 rings (SSSR count). The molecule has 1 aromatic heterocycles. The molecule has 88 valence electrons. The summed E-state index contributed by atoms with van der Waals surface area (Å²) in [6.07, 6.45) is 3.25. The van der Waals surface area contributed by atoms with E-state index in [0.29, 0.717) is 0 Å². The Bertz CT molecular complexity index is 371. The van der Waals surface area contributed by atoms with Gasteiger partial charge < -0.3 is 10.4 Å². The molecule has 0 bridgehead atoms. The van der Waals surface area contributed by atoms with Gasteiger partial charge in [-0.15, -0.1) is 0 Å². The maximum absolute atomic E-state index is 11.4. The molecule has 6 heteroatoms. The van der Waals surface area contributed by atoms with E-state index in [0.717, 1.165) is 0 Å². The van der Waals surface area contributed by atoms with E-state index < -0.39 is 11.4 Å². The van der Waals surface area contributed by atoms with Crippen LogP contribution in [0.4, 0.5) is 0 Å². The molecule has 0 atom stereocenters. The highest BCUT2D eigenvalue weighted by Crippen LogP contribution is 2.12. The largest absolute Gasteiger partial charge is 0.481 e. The zero-order chi connectivity index (χ0) is 12.2. The Labute approximate surface area is 93.3 Å². The number of carbonyl (C=O) groups is 2. The molecule has 0 saturated heterocycles. The monoisotopic (exact) mass is 225 g/mol. The van der Waals surface area contributed by atoms with Crippen LogP contribution in [-0.4, -0.2) is 33.3 Å². The van der Waals surface area contributed by atoms with Crippen LogP contribution >= 0.6 is 0 Å². The fourth-order valence-electron chi connectivity index (χ4n) is 0.992.